The number of fused-ring (bicyclic) bond motifs is 1. The highest BCUT2D eigenvalue weighted by atomic mass is 16.3. The Labute approximate surface area is 125 Å². The van der Waals surface area contributed by atoms with E-state index in [4.69, 9.17) is 4.42 Å². The summed E-state index contributed by atoms with van der Waals surface area (Å²) < 4.78 is 6.91. The van der Waals surface area contributed by atoms with Crippen molar-refractivity contribution in [3.63, 3.8) is 0 Å². The number of aromatic nitrogens is 4. The third-order valence-electron chi connectivity index (χ3n) is 3.44. The molecule has 0 aliphatic carbocycles. The number of aromatic amines is 1. The third-order valence-corrected chi connectivity index (χ3v) is 3.44. The van der Waals surface area contributed by atoms with Crippen molar-refractivity contribution < 1.29 is 4.42 Å². The molecule has 4 rings (SSSR count). The van der Waals surface area contributed by atoms with E-state index in [1.807, 2.05) is 36.4 Å². The van der Waals surface area contributed by atoms with E-state index in [9.17, 15) is 4.79 Å². The summed E-state index contributed by atoms with van der Waals surface area (Å²) in [6.45, 7) is 0.440. The minimum atomic E-state index is -0.226. The van der Waals surface area contributed by atoms with Gasteiger partial charge >= 0.3 is 5.69 Å². The zero-order valence-corrected chi connectivity index (χ0v) is 11.6. The topological polar surface area (TPSA) is 76.7 Å². The smallest absolute Gasteiger partial charge is 0.329 e. The first-order valence-electron chi connectivity index (χ1n) is 6.84. The molecule has 3 aromatic heterocycles. The molecular formula is C16H12N4O2. The maximum Gasteiger partial charge on any atom is 0.329 e. The van der Waals surface area contributed by atoms with Crippen molar-refractivity contribution >= 4 is 11.3 Å². The molecule has 0 spiro atoms. The molecule has 6 heteroatoms. The predicted molar refractivity (Wildman–Crippen MR) is 81.4 cm³/mol. The summed E-state index contributed by atoms with van der Waals surface area (Å²) in [5.74, 6) is 0.620. The molecule has 1 N–H and O–H groups in total. The molecular weight excluding hydrogens is 280 g/mol. The molecule has 4 aromatic rings. The summed E-state index contributed by atoms with van der Waals surface area (Å²) in [6, 6.07) is 13.3. The number of H-pyrrole nitrogens is 1. The fraction of sp³-hybridized carbons (Fsp3) is 0.0625. The molecule has 6 nitrogen and oxygen atoms in total. The van der Waals surface area contributed by atoms with Crippen molar-refractivity contribution in [3.05, 3.63) is 71.0 Å². The van der Waals surface area contributed by atoms with E-state index < -0.39 is 0 Å². The number of hydrogen-bond acceptors (Lipinski definition) is 4. The van der Waals surface area contributed by atoms with Gasteiger partial charge in [-0.05, 0) is 17.7 Å². The molecule has 0 unspecified atom stereocenters. The molecule has 108 valence electrons. The summed E-state index contributed by atoms with van der Waals surface area (Å²) in [7, 11) is 0. The average Bonchev–Trinajstić information content (AvgIpc) is 3.17. The van der Waals surface area contributed by atoms with Crippen LogP contribution < -0.4 is 5.69 Å². The van der Waals surface area contributed by atoms with Gasteiger partial charge in [-0.2, -0.15) is 0 Å². The van der Waals surface area contributed by atoms with E-state index in [-0.39, 0.29) is 5.69 Å². The molecule has 0 saturated carbocycles. The fourth-order valence-corrected chi connectivity index (χ4v) is 2.38. The van der Waals surface area contributed by atoms with Crippen molar-refractivity contribution in [2.75, 3.05) is 0 Å². The van der Waals surface area contributed by atoms with Crippen LogP contribution in [0.25, 0.3) is 22.7 Å². The van der Waals surface area contributed by atoms with E-state index in [0.29, 0.717) is 29.3 Å². The highest BCUT2D eigenvalue weighted by Gasteiger charge is 2.12. The maximum atomic E-state index is 12.1. The van der Waals surface area contributed by atoms with Gasteiger partial charge in [-0.15, -0.1) is 0 Å². The first-order chi connectivity index (χ1) is 10.8. The summed E-state index contributed by atoms with van der Waals surface area (Å²) >= 11 is 0. The molecule has 0 aliphatic heterocycles. The second-order valence-corrected chi connectivity index (χ2v) is 4.91. The van der Waals surface area contributed by atoms with E-state index in [0.717, 1.165) is 5.56 Å². The highest BCUT2D eigenvalue weighted by molar-refractivity contribution is 5.69. The van der Waals surface area contributed by atoms with Gasteiger partial charge in [0, 0.05) is 0 Å². The lowest BCUT2D eigenvalue weighted by Gasteiger charge is -2.03. The standard InChI is InChI=1S/C16H12N4O2/c21-16-19-14-15(20(16)10-11-5-2-1-3-6-11)18-12(9-17-14)13-7-4-8-22-13/h1-9H,10H2,(H,17,19,21). The lowest BCUT2D eigenvalue weighted by atomic mass is 10.2. The Bertz CT molecular complexity index is 968. The van der Waals surface area contributed by atoms with Crippen LogP contribution in [0.2, 0.25) is 0 Å². The number of benzene rings is 1. The lowest BCUT2D eigenvalue weighted by molar-refractivity contribution is 0.580. The second kappa shape index (κ2) is 5.00. The molecule has 3 heterocycles. The van der Waals surface area contributed by atoms with Crippen molar-refractivity contribution in [2.45, 2.75) is 6.54 Å². The molecule has 0 amide bonds. The number of nitrogens with one attached hydrogen (secondary N) is 1. The Balaban J connectivity index is 1.85. The van der Waals surface area contributed by atoms with E-state index >= 15 is 0 Å². The van der Waals surface area contributed by atoms with Crippen LogP contribution in [-0.2, 0) is 6.54 Å². The van der Waals surface area contributed by atoms with E-state index in [1.54, 1.807) is 23.1 Å². The summed E-state index contributed by atoms with van der Waals surface area (Å²) in [5.41, 5.74) is 2.38. The van der Waals surface area contributed by atoms with Crippen LogP contribution in [0.1, 0.15) is 5.56 Å². The quantitative estimate of drug-likeness (QED) is 0.629. The van der Waals surface area contributed by atoms with Gasteiger partial charge in [-0.1, -0.05) is 30.3 Å². The normalized spacial score (nSPS) is 11.1. The van der Waals surface area contributed by atoms with Gasteiger partial charge in [-0.3, -0.25) is 9.55 Å². The Morgan fingerprint density at radius 2 is 2.00 bits per heavy atom. The first-order valence-corrected chi connectivity index (χ1v) is 6.84. The number of imidazole rings is 1. The summed E-state index contributed by atoms with van der Waals surface area (Å²) in [6.07, 6.45) is 3.17. The van der Waals surface area contributed by atoms with E-state index in [2.05, 4.69) is 15.0 Å². The monoisotopic (exact) mass is 292 g/mol. The minimum absolute atomic E-state index is 0.226. The van der Waals surface area contributed by atoms with Gasteiger partial charge in [0.25, 0.3) is 0 Å². The van der Waals surface area contributed by atoms with Crippen LogP contribution >= 0.6 is 0 Å². The zero-order valence-electron chi connectivity index (χ0n) is 11.6. The third kappa shape index (κ3) is 2.10. The second-order valence-electron chi connectivity index (χ2n) is 4.91. The lowest BCUT2D eigenvalue weighted by Crippen LogP contribution is -2.17. The predicted octanol–water partition coefficient (Wildman–Crippen LogP) is 2.43. The molecule has 0 saturated heterocycles. The Morgan fingerprint density at radius 1 is 1.14 bits per heavy atom. The molecule has 0 radical (unpaired) electrons. The van der Waals surface area contributed by atoms with Gasteiger partial charge in [0.1, 0.15) is 5.69 Å². The van der Waals surface area contributed by atoms with Crippen LogP contribution in [0.4, 0.5) is 0 Å². The number of nitrogens with zero attached hydrogens (tertiary/aromatic N) is 3. The molecule has 0 fully saturated rings. The average molecular weight is 292 g/mol. The fourth-order valence-electron chi connectivity index (χ4n) is 2.38. The molecule has 1 aromatic carbocycles. The van der Waals surface area contributed by atoms with Crippen LogP contribution in [0, 0.1) is 0 Å². The molecule has 0 atom stereocenters. The highest BCUT2D eigenvalue weighted by Crippen LogP contribution is 2.18. The first kappa shape index (κ1) is 12.6. The molecule has 22 heavy (non-hydrogen) atoms. The van der Waals surface area contributed by atoms with Crippen LogP contribution in [0.5, 0.6) is 0 Å². The Hall–Kier alpha value is -3.15. The SMILES string of the molecule is O=c1[nH]c2ncc(-c3ccco3)nc2n1Cc1ccccc1. The van der Waals surface area contributed by atoms with Crippen molar-refractivity contribution in [2.24, 2.45) is 0 Å². The van der Waals surface area contributed by atoms with Gasteiger partial charge in [0.05, 0.1) is 19.0 Å². The Kier molecular flexibility index (Phi) is 2.86. The van der Waals surface area contributed by atoms with Crippen LogP contribution in [0.3, 0.4) is 0 Å². The van der Waals surface area contributed by atoms with Gasteiger partial charge < -0.3 is 4.42 Å². The number of hydrogen-bond donors (Lipinski definition) is 1. The summed E-state index contributed by atoms with van der Waals surface area (Å²) in [5, 5.41) is 0. The molecule has 0 bridgehead atoms. The van der Waals surface area contributed by atoms with Crippen LogP contribution in [-0.4, -0.2) is 19.5 Å². The van der Waals surface area contributed by atoms with Crippen LogP contribution in [0.15, 0.2) is 64.1 Å². The number of furan rings is 1. The molecule has 0 aliphatic rings. The van der Waals surface area contributed by atoms with Gasteiger partial charge in [-0.25, -0.2) is 14.8 Å². The largest absolute Gasteiger partial charge is 0.463 e. The van der Waals surface area contributed by atoms with Crippen molar-refractivity contribution in [1.29, 1.82) is 0 Å². The maximum absolute atomic E-state index is 12.1. The minimum Gasteiger partial charge on any atom is -0.463 e. The Morgan fingerprint density at radius 3 is 2.77 bits per heavy atom. The summed E-state index contributed by atoms with van der Waals surface area (Å²) in [4.78, 5) is 23.6. The van der Waals surface area contributed by atoms with Crippen molar-refractivity contribution in [3.8, 4) is 11.5 Å². The van der Waals surface area contributed by atoms with Gasteiger partial charge in [0.15, 0.2) is 17.1 Å². The number of rotatable bonds is 3. The van der Waals surface area contributed by atoms with Gasteiger partial charge in [0.2, 0.25) is 0 Å². The van der Waals surface area contributed by atoms with Crippen molar-refractivity contribution in [1.82, 2.24) is 19.5 Å². The van der Waals surface area contributed by atoms with E-state index in [1.165, 1.54) is 0 Å². The zero-order chi connectivity index (χ0) is 14.9.